The Kier molecular flexibility index (Phi) is 9.32. The molecule has 1 aliphatic heterocycles. The van der Waals surface area contributed by atoms with Crippen LogP contribution in [0.3, 0.4) is 0 Å². The maximum absolute atomic E-state index is 9.64. The monoisotopic (exact) mass is 443 g/mol. The Balaban J connectivity index is 0.000000366. The van der Waals surface area contributed by atoms with Crippen LogP contribution < -0.4 is 10.6 Å². The van der Waals surface area contributed by atoms with Gasteiger partial charge in [-0.2, -0.15) is 5.26 Å². The molecule has 0 aromatic heterocycles. The van der Waals surface area contributed by atoms with E-state index in [2.05, 4.69) is 29.7 Å². The highest BCUT2D eigenvalue weighted by atomic mass is 35.5. The third kappa shape index (κ3) is 7.59. The Morgan fingerprint density at radius 3 is 2.48 bits per heavy atom. The van der Waals surface area contributed by atoms with E-state index in [9.17, 15) is 9.59 Å². The molecule has 0 radical (unpaired) electrons. The van der Waals surface area contributed by atoms with Gasteiger partial charge in [-0.25, -0.2) is 0 Å². The maximum Gasteiger partial charge on any atom is 0.303 e. The molecule has 0 saturated heterocycles. The Morgan fingerprint density at radius 2 is 1.84 bits per heavy atom. The average Bonchev–Trinajstić information content (AvgIpc) is 3.00. The van der Waals surface area contributed by atoms with Gasteiger partial charge in [0.05, 0.1) is 35.2 Å². The van der Waals surface area contributed by atoms with Crippen molar-refractivity contribution in [1.29, 1.82) is 5.26 Å². The van der Waals surface area contributed by atoms with Crippen LogP contribution in [0.5, 0.6) is 0 Å². The second-order valence-electron chi connectivity index (χ2n) is 7.20. The number of fused-ring (bicyclic) bond motifs is 1. The zero-order valence-electron chi connectivity index (χ0n) is 17.3. The molecule has 0 bridgehead atoms. The Labute approximate surface area is 186 Å². The van der Waals surface area contributed by atoms with E-state index in [0.29, 0.717) is 5.56 Å². The molecule has 1 unspecified atom stereocenters. The number of rotatable bonds is 6. The molecule has 0 spiro atoms. The van der Waals surface area contributed by atoms with Crippen LogP contribution in [0.2, 0.25) is 5.02 Å². The maximum atomic E-state index is 9.64. The Hall–Kier alpha value is -3.08. The summed E-state index contributed by atoms with van der Waals surface area (Å²) < 4.78 is 0. The normalized spacial score (nSPS) is 13.5. The minimum absolute atomic E-state index is 0.0866. The number of nitrogens with zero attached hydrogens (tertiary/aromatic N) is 1. The number of anilines is 1. The molecule has 1 heterocycles. The van der Waals surface area contributed by atoms with Crippen LogP contribution in [0, 0.1) is 11.3 Å². The summed E-state index contributed by atoms with van der Waals surface area (Å²) in [5.74, 6) is -2.15. The predicted molar refractivity (Wildman–Crippen MR) is 119 cm³/mol. The van der Waals surface area contributed by atoms with E-state index >= 15 is 0 Å². The average molecular weight is 444 g/mol. The van der Waals surface area contributed by atoms with Crippen molar-refractivity contribution in [3.63, 3.8) is 0 Å². The highest BCUT2D eigenvalue weighted by Crippen LogP contribution is 2.33. The summed E-state index contributed by atoms with van der Waals surface area (Å²) in [5.41, 5.74) is 5.47. The van der Waals surface area contributed by atoms with Crippen molar-refractivity contribution in [2.75, 3.05) is 18.4 Å². The summed E-state index contributed by atoms with van der Waals surface area (Å²) in [6, 6.07) is 14.1. The third-order valence-electron chi connectivity index (χ3n) is 4.91. The minimum atomic E-state index is -1.08. The van der Waals surface area contributed by atoms with E-state index < -0.39 is 11.9 Å². The number of nitriles is 1. The van der Waals surface area contributed by atoms with Gasteiger partial charge in [0, 0.05) is 6.04 Å². The lowest BCUT2D eigenvalue weighted by atomic mass is 9.99. The van der Waals surface area contributed by atoms with Crippen LogP contribution in [0.15, 0.2) is 36.4 Å². The van der Waals surface area contributed by atoms with Gasteiger partial charge in [-0.3, -0.25) is 9.59 Å². The van der Waals surface area contributed by atoms with Crippen molar-refractivity contribution in [3.05, 3.63) is 63.7 Å². The molecule has 0 aliphatic carbocycles. The molecule has 31 heavy (non-hydrogen) atoms. The zero-order valence-corrected chi connectivity index (χ0v) is 18.1. The Bertz CT molecular complexity index is 958. The third-order valence-corrected chi connectivity index (χ3v) is 5.23. The summed E-state index contributed by atoms with van der Waals surface area (Å²) in [6.45, 7) is 4.08. The van der Waals surface area contributed by atoms with Gasteiger partial charge in [0.25, 0.3) is 0 Å². The summed E-state index contributed by atoms with van der Waals surface area (Å²) >= 11 is 6.47. The number of carbonyl (C=O) groups is 2. The van der Waals surface area contributed by atoms with Gasteiger partial charge in [0.2, 0.25) is 0 Å². The second kappa shape index (κ2) is 11.9. The zero-order chi connectivity index (χ0) is 22.8. The second-order valence-corrected chi connectivity index (χ2v) is 7.61. The molecule has 2 aromatic carbocycles. The van der Waals surface area contributed by atoms with Crippen molar-refractivity contribution < 1.29 is 19.8 Å². The molecular weight excluding hydrogens is 418 g/mol. The van der Waals surface area contributed by atoms with Gasteiger partial charge >= 0.3 is 11.9 Å². The molecule has 0 saturated carbocycles. The van der Waals surface area contributed by atoms with Crippen molar-refractivity contribution >= 4 is 29.2 Å². The number of carboxylic acid groups (broad SMARTS) is 2. The molecule has 3 rings (SSSR count). The lowest BCUT2D eigenvalue weighted by molar-refractivity contribution is -0.143. The van der Waals surface area contributed by atoms with Gasteiger partial charge < -0.3 is 20.8 Å². The van der Waals surface area contributed by atoms with Crippen molar-refractivity contribution in [3.8, 4) is 6.07 Å². The van der Waals surface area contributed by atoms with Crippen molar-refractivity contribution in [1.82, 2.24) is 5.32 Å². The Morgan fingerprint density at radius 1 is 1.16 bits per heavy atom. The fourth-order valence-corrected chi connectivity index (χ4v) is 3.52. The van der Waals surface area contributed by atoms with Crippen molar-refractivity contribution in [2.45, 2.75) is 38.6 Å². The molecular formula is C23H26ClN3O4. The van der Waals surface area contributed by atoms with E-state index in [1.165, 1.54) is 11.1 Å². The first kappa shape index (κ1) is 24.2. The topological polar surface area (TPSA) is 122 Å². The van der Waals surface area contributed by atoms with Gasteiger partial charge in [0.1, 0.15) is 0 Å². The van der Waals surface area contributed by atoms with Gasteiger partial charge in [-0.1, -0.05) is 29.8 Å². The minimum Gasteiger partial charge on any atom is -0.481 e. The van der Waals surface area contributed by atoms with E-state index in [1.54, 1.807) is 0 Å². The molecule has 0 fully saturated rings. The SMILES string of the molecule is CC(Nc1c(Cl)ccc2c1CCNCC2)c1cccc(C#N)c1.O=C(O)CCC(=O)O. The highest BCUT2D eigenvalue weighted by Gasteiger charge is 2.17. The summed E-state index contributed by atoms with van der Waals surface area (Å²) in [5, 5.41) is 32.6. The van der Waals surface area contributed by atoms with Crippen LogP contribution >= 0.6 is 11.6 Å². The largest absolute Gasteiger partial charge is 0.481 e. The lowest BCUT2D eigenvalue weighted by Gasteiger charge is -2.21. The molecule has 4 N–H and O–H groups in total. The van der Waals surface area contributed by atoms with E-state index in [0.717, 1.165) is 42.2 Å². The number of carboxylic acids is 2. The predicted octanol–water partition coefficient (Wildman–Crippen LogP) is 4.01. The standard InChI is InChI=1S/C19H20ClN3.C4H6O4/c1-13(16-4-2-3-14(11-16)12-21)23-19-17-8-10-22-9-7-15(17)5-6-18(19)20;5-3(6)1-2-4(7)8/h2-6,11,13,22-23H,7-10H2,1H3;1-2H2,(H,5,6)(H,7,8). The van der Waals surface area contributed by atoms with Crippen LogP contribution in [0.25, 0.3) is 0 Å². The molecule has 7 nitrogen and oxygen atoms in total. The fourth-order valence-electron chi connectivity index (χ4n) is 3.29. The molecule has 0 amide bonds. The van der Waals surface area contributed by atoms with Crippen molar-refractivity contribution in [2.24, 2.45) is 0 Å². The molecule has 8 heteroatoms. The molecule has 164 valence electrons. The quantitative estimate of drug-likeness (QED) is 0.532. The van der Waals surface area contributed by atoms with Gasteiger partial charge in [-0.05, 0) is 67.7 Å². The number of hydrogen-bond donors (Lipinski definition) is 4. The summed E-state index contributed by atoms with van der Waals surface area (Å²) in [7, 11) is 0. The van der Waals surface area contributed by atoms with Crippen LogP contribution in [-0.4, -0.2) is 35.2 Å². The van der Waals surface area contributed by atoms with Crippen LogP contribution in [0.4, 0.5) is 5.69 Å². The summed E-state index contributed by atoms with van der Waals surface area (Å²) in [4.78, 5) is 19.3. The van der Waals surface area contributed by atoms with E-state index in [1.807, 2.05) is 30.3 Å². The lowest BCUT2D eigenvalue weighted by Crippen LogP contribution is -2.16. The first-order valence-electron chi connectivity index (χ1n) is 10.0. The molecule has 1 aliphatic rings. The number of halogens is 1. The van der Waals surface area contributed by atoms with E-state index in [4.69, 9.17) is 27.1 Å². The highest BCUT2D eigenvalue weighted by molar-refractivity contribution is 6.33. The summed E-state index contributed by atoms with van der Waals surface area (Å²) in [6.07, 6.45) is 1.41. The first-order chi connectivity index (χ1) is 14.8. The number of hydrogen-bond acceptors (Lipinski definition) is 5. The first-order valence-corrected chi connectivity index (χ1v) is 10.4. The molecule has 2 aromatic rings. The van der Waals surface area contributed by atoms with Gasteiger partial charge in [-0.15, -0.1) is 0 Å². The smallest absolute Gasteiger partial charge is 0.303 e. The number of nitrogens with one attached hydrogen (secondary N) is 2. The number of aliphatic carboxylic acids is 2. The molecule has 1 atom stereocenters. The van der Waals surface area contributed by atoms with E-state index in [-0.39, 0.29) is 18.9 Å². The number of benzene rings is 2. The van der Waals surface area contributed by atoms with Crippen LogP contribution in [0.1, 0.15) is 48.1 Å². The van der Waals surface area contributed by atoms with Gasteiger partial charge in [0.15, 0.2) is 0 Å². The van der Waals surface area contributed by atoms with Crippen LogP contribution in [-0.2, 0) is 22.4 Å². The fraction of sp³-hybridized carbons (Fsp3) is 0.348.